The van der Waals surface area contributed by atoms with Crippen LogP contribution in [0.1, 0.15) is 29.1 Å². The molecule has 1 aliphatic carbocycles. The molecule has 1 N–H and O–H groups in total. The Bertz CT molecular complexity index is 998. The van der Waals surface area contributed by atoms with E-state index >= 15 is 0 Å². The van der Waals surface area contributed by atoms with Crippen LogP contribution in [0.5, 0.6) is 0 Å². The van der Waals surface area contributed by atoms with Crippen LogP contribution in [0.2, 0.25) is 10.0 Å². The molecule has 3 aromatic rings. The van der Waals surface area contributed by atoms with Crippen molar-refractivity contribution >= 4 is 23.2 Å². The fourth-order valence-electron chi connectivity index (χ4n) is 4.30. The Labute approximate surface area is 168 Å². The predicted octanol–water partition coefficient (Wildman–Crippen LogP) is 4.69. The Hall–Kier alpha value is -1.88. The monoisotopic (exact) mass is 398 g/mol. The number of hydrogen-bond donors (Lipinski definition) is 1. The fraction of sp³-hybridized carbons (Fsp3) is 0.333. The number of halogens is 2. The molecule has 3 heterocycles. The zero-order valence-electron chi connectivity index (χ0n) is 14.9. The van der Waals surface area contributed by atoms with E-state index in [-0.39, 0.29) is 0 Å². The second-order valence-electron chi connectivity index (χ2n) is 7.33. The van der Waals surface area contributed by atoms with Gasteiger partial charge in [-0.25, -0.2) is 4.98 Å². The van der Waals surface area contributed by atoms with Crippen molar-refractivity contribution in [3.05, 3.63) is 69.2 Å². The molecule has 1 unspecified atom stereocenters. The lowest BCUT2D eigenvalue weighted by Gasteiger charge is -2.36. The Morgan fingerprint density at radius 2 is 1.93 bits per heavy atom. The number of H-pyrrole nitrogens is 1. The van der Waals surface area contributed by atoms with Gasteiger partial charge >= 0.3 is 0 Å². The Balaban J connectivity index is 1.38. The molecule has 0 spiro atoms. The van der Waals surface area contributed by atoms with Crippen molar-refractivity contribution in [3.8, 4) is 11.4 Å². The first-order valence-electron chi connectivity index (χ1n) is 9.38. The van der Waals surface area contributed by atoms with Crippen molar-refractivity contribution < 1.29 is 0 Å². The number of fused-ring (bicyclic) bond motifs is 2. The minimum Gasteiger partial charge on any atom is -0.340 e. The molecule has 138 valence electrons. The minimum absolute atomic E-state index is 0.499. The van der Waals surface area contributed by atoms with E-state index in [1.54, 1.807) is 0 Å². The molecule has 2 aliphatic rings. The molecule has 4 nitrogen and oxygen atoms in total. The van der Waals surface area contributed by atoms with Crippen molar-refractivity contribution in [3.63, 3.8) is 0 Å². The van der Waals surface area contributed by atoms with Gasteiger partial charge in [-0.05, 0) is 43.0 Å². The van der Waals surface area contributed by atoms with Gasteiger partial charge in [0, 0.05) is 48.0 Å². The van der Waals surface area contributed by atoms with E-state index in [2.05, 4.69) is 14.9 Å². The molecule has 2 aromatic heterocycles. The molecular weight excluding hydrogens is 379 g/mol. The summed E-state index contributed by atoms with van der Waals surface area (Å²) in [5.74, 6) is 0.869. The van der Waals surface area contributed by atoms with Crippen LogP contribution in [0.25, 0.3) is 11.4 Å². The van der Waals surface area contributed by atoms with Gasteiger partial charge in [0.25, 0.3) is 0 Å². The number of aromatic amines is 1. The fourth-order valence-corrected chi connectivity index (χ4v) is 4.77. The molecule has 5 rings (SSSR count). The molecule has 1 atom stereocenters. The van der Waals surface area contributed by atoms with E-state index in [1.807, 2.05) is 36.5 Å². The first kappa shape index (κ1) is 17.2. The first-order valence-corrected chi connectivity index (χ1v) is 10.1. The van der Waals surface area contributed by atoms with Gasteiger partial charge in [-0.1, -0.05) is 35.3 Å². The summed E-state index contributed by atoms with van der Waals surface area (Å²) in [4.78, 5) is 15.4. The van der Waals surface area contributed by atoms with Crippen LogP contribution < -0.4 is 0 Å². The third-order valence-electron chi connectivity index (χ3n) is 5.75. The van der Waals surface area contributed by atoms with E-state index in [1.165, 1.54) is 17.0 Å². The smallest absolute Gasteiger partial charge is 0.139 e. The van der Waals surface area contributed by atoms with Gasteiger partial charge in [0.2, 0.25) is 0 Å². The third-order valence-corrected chi connectivity index (χ3v) is 6.43. The lowest BCUT2D eigenvalue weighted by Crippen LogP contribution is -2.42. The van der Waals surface area contributed by atoms with Gasteiger partial charge < -0.3 is 4.98 Å². The third kappa shape index (κ3) is 3.16. The van der Waals surface area contributed by atoms with Gasteiger partial charge in [-0.3, -0.25) is 9.88 Å². The molecule has 0 fully saturated rings. The van der Waals surface area contributed by atoms with E-state index in [9.17, 15) is 0 Å². The van der Waals surface area contributed by atoms with Crippen LogP contribution in [0.3, 0.4) is 0 Å². The number of nitrogens with zero attached hydrogens (tertiary/aromatic N) is 3. The first-order chi connectivity index (χ1) is 13.2. The number of aryl methyl sites for hydroxylation is 1. The minimum atomic E-state index is 0.499. The molecule has 0 saturated heterocycles. The summed E-state index contributed by atoms with van der Waals surface area (Å²) < 4.78 is 0. The quantitative estimate of drug-likeness (QED) is 0.680. The molecule has 1 aromatic carbocycles. The number of aromatic nitrogens is 3. The summed E-state index contributed by atoms with van der Waals surface area (Å²) in [7, 11) is 0. The maximum Gasteiger partial charge on any atom is 0.139 e. The summed E-state index contributed by atoms with van der Waals surface area (Å²) in [6.07, 6.45) is 5.87. The predicted molar refractivity (Wildman–Crippen MR) is 108 cm³/mol. The van der Waals surface area contributed by atoms with Crippen molar-refractivity contribution in [1.29, 1.82) is 0 Å². The second-order valence-corrected chi connectivity index (χ2v) is 8.14. The van der Waals surface area contributed by atoms with Crippen molar-refractivity contribution in [2.24, 2.45) is 0 Å². The zero-order valence-corrected chi connectivity index (χ0v) is 16.4. The maximum atomic E-state index is 6.43. The molecule has 0 bridgehead atoms. The highest BCUT2D eigenvalue weighted by atomic mass is 35.5. The second kappa shape index (κ2) is 6.93. The number of nitrogens with one attached hydrogen (secondary N) is 1. The highest BCUT2D eigenvalue weighted by molar-refractivity contribution is 6.33. The molecule has 1 aliphatic heterocycles. The average Bonchev–Trinajstić information content (AvgIpc) is 3.11. The summed E-state index contributed by atoms with van der Waals surface area (Å²) in [5.41, 5.74) is 5.72. The Kier molecular flexibility index (Phi) is 4.43. The van der Waals surface area contributed by atoms with E-state index in [4.69, 9.17) is 28.2 Å². The van der Waals surface area contributed by atoms with Gasteiger partial charge in [0.15, 0.2) is 0 Å². The average molecular weight is 399 g/mol. The number of benzene rings is 1. The van der Waals surface area contributed by atoms with Crippen LogP contribution in [-0.4, -0.2) is 32.4 Å². The molecular formula is C21H20Cl2N4. The van der Waals surface area contributed by atoms with Crippen LogP contribution >= 0.6 is 23.2 Å². The number of rotatable bonds is 2. The van der Waals surface area contributed by atoms with Gasteiger partial charge in [0.1, 0.15) is 5.82 Å². The summed E-state index contributed by atoms with van der Waals surface area (Å²) in [5, 5.41) is 1.58. The molecule has 0 saturated carbocycles. The van der Waals surface area contributed by atoms with Crippen molar-refractivity contribution in [2.45, 2.75) is 38.3 Å². The van der Waals surface area contributed by atoms with Crippen molar-refractivity contribution in [1.82, 2.24) is 19.9 Å². The Morgan fingerprint density at radius 3 is 2.81 bits per heavy atom. The van der Waals surface area contributed by atoms with Crippen LogP contribution in [0.15, 0.2) is 36.5 Å². The lowest BCUT2D eigenvalue weighted by molar-refractivity contribution is 0.160. The van der Waals surface area contributed by atoms with Gasteiger partial charge in [-0.2, -0.15) is 0 Å². The molecule has 27 heavy (non-hydrogen) atoms. The summed E-state index contributed by atoms with van der Waals surface area (Å²) in [6.45, 7) is 1.92. The van der Waals surface area contributed by atoms with Crippen LogP contribution in [0.4, 0.5) is 0 Å². The van der Waals surface area contributed by atoms with Crippen molar-refractivity contribution in [2.75, 3.05) is 6.54 Å². The largest absolute Gasteiger partial charge is 0.340 e. The summed E-state index contributed by atoms with van der Waals surface area (Å²) in [6, 6.07) is 10.3. The summed E-state index contributed by atoms with van der Waals surface area (Å²) >= 11 is 12.8. The Morgan fingerprint density at radius 1 is 1.04 bits per heavy atom. The molecule has 6 heteroatoms. The topological polar surface area (TPSA) is 44.8 Å². The lowest BCUT2D eigenvalue weighted by atomic mass is 9.90. The standard InChI is InChI=1S/C21H20Cl2N4/c22-16-4-2-1-3-14(16)21-25-19-8-10-27(12-20(19)26-21)13-5-6-18-15(11-13)17(23)7-9-24-18/h1-4,7,9,13H,5-6,8,10-12H2,(H,25,26). The van der Waals surface area contributed by atoms with Crippen LogP contribution in [-0.2, 0) is 25.8 Å². The van der Waals surface area contributed by atoms with Crippen LogP contribution in [0, 0.1) is 0 Å². The van der Waals surface area contributed by atoms with Gasteiger partial charge in [-0.15, -0.1) is 0 Å². The SMILES string of the molecule is Clc1ccccc1-c1nc2c([nH]1)CN(C1CCc3nccc(Cl)c3C1)CC2. The van der Waals surface area contributed by atoms with E-state index in [0.717, 1.165) is 65.9 Å². The number of imidazole rings is 1. The van der Waals surface area contributed by atoms with Gasteiger partial charge in [0.05, 0.1) is 16.4 Å². The highest BCUT2D eigenvalue weighted by Gasteiger charge is 2.30. The molecule has 0 radical (unpaired) electrons. The zero-order chi connectivity index (χ0) is 18.4. The highest BCUT2D eigenvalue weighted by Crippen LogP contribution is 2.32. The normalized spacial score (nSPS) is 19.6. The number of hydrogen-bond acceptors (Lipinski definition) is 3. The van der Waals surface area contributed by atoms with E-state index in [0.29, 0.717) is 6.04 Å². The molecule has 0 amide bonds. The van der Waals surface area contributed by atoms with E-state index < -0.39 is 0 Å². The maximum absolute atomic E-state index is 6.43. The number of pyridine rings is 1.